The van der Waals surface area contributed by atoms with Crippen molar-refractivity contribution < 1.29 is 17.6 Å². The molecule has 1 aliphatic heterocycles. The summed E-state index contributed by atoms with van der Waals surface area (Å²) in [7, 11) is -3.73. The number of amides is 1. The third kappa shape index (κ3) is 3.78. The van der Waals surface area contributed by atoms with E-state index in [4.69, 9.17) is 0 Å². The largest absolute Gasteiger partial charge is 0.348 e. The van der Waals surface area contributed by atoms with Gasteiger partial charge in [0.2, 0.25) is 15.9 Å². The molecular formula is C19H21FN2O3S. The van der Waals surface area contributed by atoms with Crippen LogP contribution in [-0.4, -0.2) is 31.2 Å². The first-order valence-electron chi connectivity index (χ1n) is 8.52. The van der Waals surface area contributed by atoms with Gasteiger partial charge in [-0.05, 0) is 49.6 Å². The summed E-state index contributed by atoms with van der Waals surface area (Å²) < 4.78 is 40.3. The zero-order chi connectivity index (χ0) is 18.7. The number of carbonyl (C=O) groups excluding carboxylic acids is 1. The molecule has 0 aromatic heterocycles. The molecule has 1 aliphatic rings. The number of hydrogen-bond acceptors (Lipinski definition) is 3. The van der Waals surface area contributed by atoms with Crippen LogP contribution in [0.4, 0.5) is 4.39 Å². The molecule has 3 rings (SSSR count). The highest BCUT2D eigenvalue weighted by atomic mass is 32.2. The summed E-state index contributed by atoms with van der Waals surface area (Å²) in [5.74, 6) is -0.739. The summed E-state index contributed by atoms with van der Waals surface area (Å²) in [4.78, 5) is 12.9. The van der Waals surface area contributed by atoms with Gasteiger partial charge in [-0.1, -0.05) is 30.3 Å². The molecule has 0 bridgehead atoms. The number of benzene rings is 2. The van der Waals surface area contributed by atoms with Gasteiger partial charge in [0.1, 0.15) is 11.9 Å². The minimum Gasteiger partial charge on any atom is -0.348 e. The lowest BCUT2D eigenvalue weighted by molar-refractivity contribution is -0.124. The fraction of sp³-hybridized carbons (Fsp3) is 0.316. The summed E-state index contributed by atoms with van der Waals surface area (Å²) in [6.07, 6.45) is 1.09. The van der Waals surface area contributed by atoms with Gasteiger partial charge in [-0.25, -0.2) is 12.8 Å². The fourth-order valence-electron chi connectivity index (χ4n) is 3.19. The first-order valence-corrected chi connectivity index (χ1v) is 9.96. The molecule has 2 aromatic rings. The van der Waals surface area contributed by atoms with Crippen molar-refractivity contribution in [2.75, 3.05) is 6.54 Å². The minimum atomic E-state index is -3.73. The number of nitrogens with zero attached hydrogens (tertiary/aromatic N) is 1. The van der Waals surface area contributed by atoms with Gasteiger partial charge in [0, 0.05) is 6.54 Å². The summed E-state index contributed by atoms with van der Waals surface area (Å²) in [5.41, 5.74) is 0.633. The Hall–Kier alpha value is -2.25. The van der Waals surface area contributed by atoms with E-state index in [0.717, 1.165) is 0 Å². The Morgan fingerprint density at radius 2 is 1.92 bits per heavy atom. The van der Waals surface area contributed by atoms with E-state index in [1.165, 1.54) is 28.6 Å². The summed E-state index contributed by atoms with van der Waals surface area (Å²) >= 11 is 0. The quantitative estimate of drug-likeness (QED) is 0.873. The molecule has 0 radical (unpaired) electrons. The second-order valence-electron chi connectivity index (χ2n) is 6.37. The molecule has 1 saturated heterocycles. The average Bonchev–Trinajstić information content (AvgIpc) is 3.13. The van der Waals surface area contributed by atoms with Crippen LogP contribution < -0.4 is 5.32 Å². The highest BCUT2D eigenvalue weighted by Gasteiger charge is 2.39. The highest BCUT2D eigenvalue weighted by Crippen LogP contribution is 2.26. The van der Waals surface area contributed by atoms with Gasteiger partial charge in [0.15, 0.2) is 0 Å². The lowest BCUT2D eigenvalue weighted by Gasteiger charge is -2.25. The van der Waals surface area contributed by atoms with Crippen molar-refractivity contribution >= 4 is 15.9 Å². The monoisotopic (exact) mass is 376 g/mol. The predicted molar refractivity (Wildman–Crippen MR) is 96.3 cm³/mol. The van der Waals surface area contributed by atoms with E-state index >= 15 is 0 Å². The molecule has 2 atom stereocenters. The molecule has 26 heavy (non-hydrogen) atoms. The van der Waals surface area contributed by atoms with Crippen molar-refractivity contribution in [3.8, 4) is 0 Å². The highest BCUT2D eigenvalue weighted by molar-refractivity contribution is 7.89. The molecule has 1 N–H and O–H groups in total. The average molecular weight is 376 g/mol. The van der Waals surface area contributed by atoms with Crippen LogP contribution in [0, 0.1) is 5.82 Å². The third-order valence-corrected chi connectivity index (χ3v) is 6.49. The maximum absolute atomic E-state index is 13.4. The normalized spacial score (nSPS) is 19.2. The summed E-state index contributed by atoms with van der Waals surface area (Å²) in [6.45, 7) is 2.06. The number of sulfonamides is 1. The van der Waals surface area contributed by atoms with Crippen LogP contribution >= 0.6 is 0 Å². The molecule has 1 amide bonds. The van der Waals surface area contributed by atoms with Crippen molar-refractivity contribution in [1.82, 2.24) is 9.62 Å². The van der Waals surface area contributed by atoms with Crippen LogP contribution in [0.1, 0.15) is 31.4 Å². The zero-order valence-corrected chi connectivity index (χ0v) is 15.2. The molecule has 2 unspecified atom stereocenters. The van der Waals surface area contributed by atoms with Crippen LogP contribution in [0.25, 0.3) is 0 Å². The fourth-order valence-corrected chi connectivity index (χ4v) is 4.86. The van der Waals surface area contributed by atoms with Gasteiger partial charge in [-0.3, -0.25) is 4.79 Å². The minimum absolute atomic E-state index is 0.179. The summed E-state index contributed by atoms with van der Waals surface area (Å²) in [5, 5.41) is 2.81. The van der Waals surface area contributed by atoms with E-state index in [0.29, 0.717) is 24.9 Å². The lowest BCUT2D eigenvalue weighted by Crippen LogP contribution is -2.46. The Bertz CT molecular complexity index is 887. The van der Waals surface area contributed by atoms with Gasteiger partial charge in [0.05, 0.1) is 10.9 Å². The molecule has 2 aromatic carbocycles. The first-order chi connectivity index (χ1) is 12.4. The Balaban J connectivity index is 1.76. The number of halogens is 1. The maximum Gasteiger partial charge on any atom is 0.243 e. The Kier molecular flexibility index (Phi) is 5.38. The van der Waals surface area contributed by atoms with Crippen LogP contribution in [0.3, 0.4) is 0 Å². The molecule has 0 spiro atoms. The van der Waals surface area contributed by atoms with Crippen LogP contribution in [0.15, 0.2) is 59.5 Å². The van der Waals surface area contributed by atoms with E-state index in [9.17, 15) is 17.6 Å². The van der Waals surface area contributed by atoms with Gasteiger partial charge in [-0.15, -0.1) is 0 Å². The van der Waals surface area contributed by atoms with Crippen molar-refractivity contribution in [1.29, 1.82) is 0 Å². The number of hydrogen-bond donors (Lipinski definition) is 1. The maximum atomic E-state index is 13.4. The molecule has 7 heteroatoms. The van der Waals surface area contributed by atoms with E-state index in [-0.39, 0.29) is 16.6 Å². The molecule has 1 heterocycles. The van der Waals surface area contributed by atoms with E-state index in [1.807, 2.05) is 0 Å². The molecule has 0 aliphatic carbocycles. The number of carbonyl (C=O) groups is 1. The van der Waals surface area contributed by atoms with Gasteiger partial charge in [0.25, 0.3) is 0 Å². The van der Waals surface area contributed by atoms with Crippen molar-refractivity contribution in [2.24, 2.45) is 0 Å². The third-order valence-electron chi connectivity index (χ3n) is 4.56. The molecular weight excluding hydrogens is 355 g/mol. The zero-order valence-electron chi connectivity index (χ0n) is 14.4. The van der Waals surface area contributed by atoms with Crippen molar-refractivity contribution in [3.63, 3.8) is 0 Å². The second kappa shape index (κ2) is 7.55. The van der Waals surface area contributed by atoms with Crippen LogP contribution in [-0.2, 0) is 14.8 Å². The molecule has 1 fully saturated rings. The van der Waals surface area contributed by atoms with E-state index in [1.54, 1.807) is 37.3 Å². The van der Waals surface area contributed by atoms with Crippen molar-refractivity contribution in [2.45, 2.75) is 36.7 Å². The lowest BCUT2D eigenvalue weighted by atomic mass is 10.1. The standard InChI is InChI=1S/C19H21FN2O3S/c1-14(15-7-5-8-16(20)13-15)21-19(23)18-11-6-12-22(18)26(24,25)17-9-3-2-4-10-17/h2-5,7-10,13-14,18H,6,11-12H2,1H3,(H,21,23). The molecule has 0 saturated carbocycles. The second-order valence-corrected chi connectivity index (χ2v) is 8.26. The topological polar surface area (TPSA) is 66.5 Å². The van der Waals surface area contributed by atoms with E-state index in [2.05, 4.69) is 5.32 Å². The van der Waals surface area contributed by atoms with Crippen molar-refractivity contribution in [3.05, 3.63) is 66.0 Å². The smallest absolute Gasteiger partial charge is 0.243 e. The SMILES string of the molecule is CC(NC(=O)C1CCCN1S(=O)(=O)c1ccccc1)c1cccc(F)c1. The van der Waals surface area contributed by atoms with Gasteiger partial charge in [-0.2, -0.15) is 4.31 Å². The first kappa shape index (κ1) is 18.5. The van der Waals surface area contributed by atoms with Gasteiger partial charge >= 0.3 is 0 Å². The number of rotatable bonds is 5. The van der Waals surface area contributed by atoms with Gasteiger partial charge < -0.3 is 5.32 Å². The molecule has 138 valence electrons. The molecule has 5 nitrogen and oxygen atoms in total. The Labute approximate surface area is 152 Å². The number of nitrogens with one attached hydrogen (secondary N) is 1. The predicted octanol–water partition coefficient (Wildman–Crippen LogP) is 2.86. The van der Waals surface area contributed by atoms with Crippen LogP contribution in [0.5, 0.6) is 0 Å². The van der Waals surface area contributed by atoms with Crippen LogP contribution in [0.2, 0.25) is 0 Å². The Morgan fingerprint density at radius 1 is 1.19 bits per heavy atom. The van der Waals surface area contributed by atoms with E-state index < -0.39 is 22.1 Å². The Morgan fingerprint density at radius 3 is 2.62 bits per heavy atom. The summed E-state index contributed by atoms with van der Waals surface area (Å²) in [6, 6.07) is 12.9.